The Morgan fingerprint density at radius 1 is 1.64 bits per heavy atom. The smallest absolute Gasteiger partial charge is 0.292 e. The van der Waals surface area contributed by atoms with Crippen molar-refractivity contribution in [1.29, 1.82) is 0 Å². The van der Waals surface area contributed by atoms with Gasteiger partial charge in [-0.15, -0.1) is 0 Å². The number of carbonyl (C=O) groups is 1. The highest BCUT2D eigenvalue weighted by Crippen LogP contribution is 1.86. The van der Waals surface area contributed by atoms with Gasteiger partial charge in [-0.2, -0.15) is 13.3 Å². The van der Waals surface area contributed by atoms with Crippen molar-refractivity contribution in [3.8, 4) is 0 Å². The fraction of sp³-hybridized carbons (Fsp3) is 0.250. The Bertz CT molecular complexity index is 239. The van der Waals surface area contributed by atoms with E-state index in [1.165, 1.54) is 0 Å². The van der Waals surface area contributed by atoms with Gasteiger partial charge in [0.15, 0.2) is 0 Å². The van der Waals surface area contributed by atoms with Crippen molar-refractivity contribution >= 4 is 16.1 Å². The molecule has 0 amide bonds. The Morgan fingerprint density at radius 2 is 2.18 bits per heavy atom. The molecule has 0 aromatic carbocycles. The zero-order valence-electron chi connectivity index (χ0n) is 5.39. The molecule has 0 saturated carbocycles. The Balaban J connectivity index is 3.59. The highest BCUT2D eigenvalue weighted by Gasteiger charge is 2.06. The molecule has 6 nitrogen and oxygen atoms in total. The lowest BCUT2D eigenvalue weighted by atomic mass is 10.7. The van der Waals surface area contributed by atoms with Gasteiger partial charge in [0.1, 0.15) is 0 Å². The van der Waals surface area contributed by atoms with E-state index >= 15 is 0 Å². The number of rotatable bonds is 4. The summed E-state index contributed by atoms with van der Waals surface area (Å²) in [5.74, 6) is -2.03. The molecule has 0 aliphatic rings. The molecular formula is C4H6O6S. The van der Waals surface area contributed by atoms with E-state index in [1.807, 2.05) is 0 Å². The maximum absolute atomic E-state index is 10.2. The van der Waals surface area contributed by atoms with Gasteiger partial charge in [0.25, 0.3) is 10.1 Å². The largest absolute Gasteiger partial charge is 0.365 e. The van der Waals surface area contributed by atoms with Crippen LogP contribution in [-0.2, 0) is 24.7 Å². The van der Waals surface area contributed by atoms with E-state index in [0.717, 1.165) is 6.08 Å². The summed E-state index contributed by atoms with van der Waals surface area (Å²) in [6, 6.07) is 0. The van der Waals surface area contributed by atoms with E-state index in [9.17, 15) is 13.2 Å². The second-order valence-electron chi connectivity index (χ2n) is 1.42. The van der Waals surface area contributed by atoms with Gasteiger partial charge in [0, 0.05) is 6.08 Å². The molecule has 7 heteroatoms. The summed E-state index contributed by atoms with van der Waals surface area (Å²) >= 11 is 0. The molecule has 0 radical (unpaired) electrons. The van der Waals surface area contributed by atoms with E-state index in [2.05, 4.69) is 16.4 Å². The van der Waals surface area contributed by atoms with Gasteiger partial charge < -0.3 is 0 Å². The van der Waals surface area contributed by atoms with Crippen LogP contribution in [0.3, 0.4) is 0 Å². The summed E-state index contributed by atoms with van der Waals surface area (Å²) in [6.45, 7) is 3.01. The molecule has 64 valence electrons. The minimum Gasteiger partial charge on any atom is -0.292 e. The average Bonchev–Trinajstić information content (AvgIpc) is 1.85. The van der Waals surface area contributed by atoms with Gasteiger partial charge in [-0.25, -0.2) is 4.79 Å². The van der Waals surface area contributed by atoms with Crippen LogP contribution in [0.5, 0.6) is 0 Å². The van der Waals surface area contributed by atoms with E-state index in [0.29, 0.717) is 0 Å². The lowest BCUT2D eigenvalue weighted by Gasteiger charge is -1.96. The van der Waals surface area contributed by atoms with Crippen molar-refractivity contribution in [3.05, 3.63) is 12.7 Å². The van der Waals surface area contributed by atoms with Crippen molar-refractivity contribution in [2.45, 2.75) is 0 Å². The maximum Gasteiger partial charge on any atom is 0.365 e. The third-order valence-electron chi connectivity index (χ3n) is 0.505. The number of hydrogen-bond donors (Lipinski definition) is 1. The average molecular weight is 182 g/mol. The molecule has 0 unspecified atom stereocenters. The highest BCUT2D eigenvalue weighted by atomic mass is 32.2. The Kier molecular flexibility index (Phi) is 3.72. The highest BCUT2D eigenvalue weighted by molar-refractivity contribution is 7.85. The standard InChI is InChI=1S/C4H6O6S/c1-2-4(5)10-9-3-11(6,7)8/h2H,1,3H2,(H,6,7,8). The summed E-state index contributed by atoms with van der Waals surface area (Å²) in [6.07, 6.45) is 0.782. The first-order valence-electron chi connectivity index (χ1n) is 2.37. The van der Waals surface area contributed by atoms with Gasteiger partial charge in [0.2, 0.25) is 5.94 Å². The van der Waals surface area contributed by atoms with Gasteiger partial charge >= 0.3 is 5.97 Å². The molecular weight excluding hydrogens is 176 g/mol. The van der Waals surface area contributed by atoms with Gasteiger partial charge in [-0.1, -0.05) is 6.58 Å². The lowest BCUT2D eigenvalue weighted by molar-refractivity contribution is -0.255. The molecule has 0 fully saturated rings. The Hall–Kier alpha value is -0.920. The maximum atomic E-state index is 10.2. The summed E-state index contributed by atoms with van der Waals surface area (Å²) in [7, 11) is -4.26. The monoisotopic (exact) mass is 182 g/mol. The fourth-order valence-electron chi connectivity index (χ4n) is 0.177. The van der Waals surface area contributed by atoms with E-state index in [1.54, 1.807) is 0 Å². The van der Waals surface area contributed by atoms with Crippen LogP contribution in [0.25, 0.3) is 0 Å². The van der Waals surface area contributed by atoms with Crippen molar-refractivity contribution in [2.24, 2.45) is 0 Å². The first kappa shape index (κ1) is 10.1. The lowest BCUT2D eigenvalue weighted by Crippen LogP contribution is -2.10. The van der Waals surface area contributed by atoms with Crippen molar-refractivity contribution in [1.82, 2.24) is 0 Å². The van der Waals surface area contributed by atoms with Gasteiger partial charge in [0.05, 0.1) is 0 Å². The molecule has 1 N–H and O–H groups in total. The summed E-state index contributed by atoms with van der Waals surface area (Å²) in [5, 5.41) is 0. The van der Waals surface area contributed by atoms with Gasteiger partial charge in [-0.05, 0) is 0 Å². The molecule has 0 saturated heterocycles. The molecule has 0 spiro atoms. The second-order valence-corrected chi connectivity index (χ2v) is 2.82. The van der Waals surface area contributed by atoms with Crippen LogP contribution in [0.2, 0.25) is 0 Å². The molecule has 0 bridgehead atoms. The molecule has 11 heavy (non-hydrogen) atoms. The van der Waals surface area contributed by atoms with Crippen LogP contribution in [0, 0.1) is 0 Å². The summed E-state index contributed by atoms with van der Waals surface area (Å²) < 4.78 is 27.9. The molecule has 0 heterocycles. The van der Waals surface area contributed by atoms with Crippen LogP contribution in [0.15, 0.2) is 12.7 Å². The summed E-state index contributed by atoms with van der Waals surface area (Å²) in [5.41, 5.74) is 0. The van der Waals surface area contributed by atoms with Crippen molar-refractivity contribution in [2.75, 3.05) is 5.94 Å². The fourth-order valence-corrected chi connectivity index (χ4v) is 0.347. The van der Waals surface area contributed by atoms with E-state index in [-0.39, 0.29) is 0 Å². The molecule has 0 aliphatic heterocycles. The first-order chi connectivity index (χ1) is 4.95. The zero-order chi connectivity index (χ0) is 8.91. The van der Waals surface area contributed by atoms with Crippen molar-refractivity contribution in [3.63, 3.8) is 0 Å². The van der Waals surface area contributed by atoms with E-state index in [4.69, 9.17) is 4.55 Å². The molecule has 0 atom stereocenters. The van der Waals surface area contributed by atoms with Crippen LogP contribution >= 0.6 is 0 Å². The quantitative estimate of drug-likeness (QED) is 0.272. The third-order valence-corrected chi connectivity index (χ3v) is 0.899. The summed E-state index contributed by atoms with van der Waals surface area (Å²) in [4.78, 5) is 17.7. The van der Waals surface area contributed by atoms with E-state index < -0.39 is 22.0 Å². The SMILES string of the molecule is C=CC(=O)OOCS(=O)(=O)O. The predicted molar refractivity (Wildman–Crippen MR) is 33.8 cm³/mol. The Morgan fingerprint density at radius 3 is 2.55 bits per heavy atom. The molecule has 0 rings (SSSR count). The molecule has 0 aromatic rings. The topological polar surface area (TPSA) is 89.9 Å². The zero-order valence-corrected chi connectivity index (χ0v) is 6.20. The van der Waals surface area contributed by atoms with Crippen LogP contribution in [0.1, 0.15) is 0 Å². The van der Waals surface area contributed by atoms with Crippen molar-refractivity contribution < 1.29 is 27.5 Å². The normalized spacial score (nSPS) is 10.6. The third kappa shape index (κ3) is 6.97. The first-order valence-corrected chi connectivity index (χ1v) is 3.97. The Labute approximate surface area is 63.1 Å². The number of hydrogen-bond acceptors (Lipinski definition) is 5. The number of carbonyl (C=O) groups excluding carboxylic acids is 1. The minimum absolute atomic E-state index is 0.782. The van der Waals surface area contributed by atoms with Gasteiger partial charge in [-0.3, -0.25) is 9.44 Å². The van der Waals surface area contributed by atoms with Crippen LogP contribution in [0.4, 0.5) is 0 Å². The minimum atomic E-state index is -4.26. The van der Waals surface area contributed by atoms with Crippen LogP contribution < -0.4 is 0 Å². The molecule has 0 aromatic heterocycles. The molecule has 0 aliphatic carbocycles. The second kappa shape index (κ2) is 4.06. The van der Waals surface area contributed by atoms with Crippen LogP contribution in [-0.4, -0.2) is 24.9 Å². The predicted octanol–water partition coefficient (Wildman–Crippen LogP) is -0.508.